The molecule has 0 radical (unpaired) electrons. The van der Waals surface area contributed by atoms with Crippen LogP contribution in [0.1, 0.15) is 20.3 Å². The molecule has 1 aliphatic rings. The molecule has 0 aliphatic carbocycles. The van der Waals surface area contributed by atoms with Gasteiger partial charge in [0, 0.05) is 25.7 Å². The molecular weight excluding hydrogens is 238 g/mol. The number of likely N-dealkylation sites (N-methyl/N-ethyl adjacent to an activating group) is 1. The van der Waals surface area contributed by atoms with Gasteiger partial charge in [-0.25, -0.2) is 8.42 Å². The van der Waals surface area contributed by atoms with E-state index in [0.717, 1.165) is 26.2 Å². The highest BCUT2D eigenvalue weighted by Crippen LogP contribution is 2.14. The van der Waals surface area contributed by atoms with E-state index in [1.807, 2.05) is 20.9 Å². The minimum atomic E-state index is -3.07. The van der Waals surface area contributed by atoms with Crippen LogP contribution < -0.4 is 5.32 Å². The monoisotopic (exact) mass is 263 g/mol. The maximum atomic E-state index is 12.1. The van der Waals surface area contributed by atoms with Gasteiger partial charge in [0.1, 0.15) is 0 Å². The van der Waals surface area contributed by atoms with Gasteiger partial charge in [0.05, 0.1) is 5.75 Å². The minimum Gasteiger partial charge on any atom is -0.317 e. The summed E-state index contributed by atoms with van der Waals surface area (Å²) in [4.78, 5) is 2.18. The summed E-state index contributed by atoms with van der Waals surface area (Å²) < 4.78 is 26.0. The highest BCUT2D eigenvalue weighted by atomic mass is 32.2. The Labute approximate surface area is 105 Å². The number of sulfonamides is 1. The van der Waals surface area contributed by atoms with Crippen molar-refractivity contribution in [2.24, 2.45) is 0 Å². The van der Waals surface area contributed by atoms with Crippen molar-refractivity contribution in [3.63, 3.8) is 0 Å². The summed E-state index contributed by atoms with van der Waals surface area (Å²) >= 11 is 0. The molecule has 1 aliphatic heterocycles. The van der Waals surface area contributed by atoms with Crippen molar-refractivity contribution in [3.05, 3.63) is 0 Å². The molecular formula is C11H25N3O2S. The number of nitrogens with one attached hydrogen (secondary N) is 1. The molecule has 0 spiro atoms. The third-order valence-electron chi connectivity index (χ3n) is 3.13. The van der Waals surface area contributed by atoms with Crippen molar-refractivity contribution in [2.75, 3.05) is 45.5 Å². The molecule has 1 saturated heterocycles. The predicted molar refractivity (Wildman–Crippen MR) is 70.6 cm³/mol. The van der Waals surface area contributed by atoms with Crippen LogP contribution in [0.5, 0.6) is 0 Å². The van der Waals surface area contributed by atoms with Gasteiger partial charge in [-0.15, -0.1) is 0 Å². The van der Waals surface area contributed by atoms with Gasteiger partial charge in [0.15, 0.2) is 0 Å². The summed E-state index contributed by atoms with van der Waals surface area (Å²) in [6.07, 6.45) is 0.690. The fourth-order valence-corrected chi connectivity index (χ4v) is 3.93. The van der Waals surface area contributed by atoms with Gasteiger partial charge in [-0.2, -0.15) is 4.31 Å². The summed E-state index contributed by atoms with van der Waals surface area (Å²) in [5.41, 5.74) is 0. The lowest BCUT2D eigenvalue weighted by atomic mass is 10.2. The summed E-state index contributed by atoms with van der Waals surface area (Å²) in [5.74, 6) is 0.258. The van der Waals surface area contributed by atoms with Gasteiger partial charge >= 0.3 is 0 Å². The van der Waals surface area contributed by atoms with Gasteiger partial charge in [-0.05, 0) is 33.5 Å². The van der Waals surface area contributed by atoms with Gasteiger partial charge in [0.25, 0.3) is 0 Å². The Hall–Kier alpha value is -0.170. The van der Waals surface area contributed by atoms with E-state index in [-0.39, 0.29) is 11.8 Å². The first-order valence-electron chi connectivity index (χ1n) is 6.36. The first-order chi connectivity index (χ1) is 7.97. The van der Waals surface area contributed by atoms with Crippen molar-refractivity contribution in [3.8, 4) is 0 Å². The molecule has 1 unspecified atom stereocenters. The normalized spacial score (nSPS) is 24.1. The molecule has 0 saturated carbocycles. The van der Waals surface area contributed by atoms with Crippen LogP contribution in [-0.4, -0.2) is 69.2 Å². The van der Waals surface area contributed by atoms with Gasteiger partial charge < -0.3 is 10.2 Å². The average Bonchev–Trinajstić information content (AvgIpc) is 2.24. The summed E-state index contributed by atoms with van der Waals surface area (Å²) in [6.45, 7) is 7.96. The molecule has 0 aromatic rings. The van der Waals surface area contributed by atoms with Crippen LogP contribution in [0.2, 0.25) is 0 Å². The second-order valence-corrected chi connectivity index (χ2v) is 6.79. The molecule has 6 heteroatoms. The second-order valence-electron chi connectivity index (χ2n) is 4.75. The van der Waals surface area contributed by atoms with Crippen molar-refractivity contribution >= 4 is 10.0 Å². The van der Waals surface area contributed by atoms with E-state index < -0.39 is 10.0 Å². The van der Waals surface area contributed by atoms with Crippen LogP contribution in [0.4, 0.5) is 0 Å². The number of nitrogens with zero attached hydrogens (tertiary/aromatic N) is 2. The Morgan fingerprint density at radius 3 is 2.65 bits per heavy atom. The molecule has 5 nitrogen and oxygen atoms in total. The molecule has 1 heterocycles. The lowest BCUT2D eigenvalue weighted by Crippen LogP contribution is -2.53. The van der Waals surface area contributed by atoms with Crippen molar-refractivity contribution in [2.45, 2.75) is 26.3 Å². The molecule has 102 valence electrons. The SMILES string of the molecule is CCNCCCS(=O)(=O)N1CCN(C)CC1C. The maximum absolute atomic E-state index is 12.1. The van der Waals surface area contributed by atoms with Crippen LogP contribution in [0.25, 0.3) is 0 Å². The quantitative estimate of drug-likeness (QED) is 0.683. The molecule has 1 N–H and O–H groups in total. The Balaban J connectivity index is 2.46. The number of rotatable bonds is 6. The molecule has 0 amide bonds. The van der Waals surface area contributed by atoms with E-state index >= 15 is 0 Å². The smallest absolute Gasteiger partial charge is 0.214 e. The largest absolute Gasteiger partial charge is 0.317 e. The maximum Gasteiger partial charge on any atom is 0.214 e. The van der Waals surface area contributed by atoms with Crippen molar-refractivity contribution < 1.29 is 8.42 Å². The van der Waals surface area contributed by atoms with Gasteiger partial charge in [-0.1, -0.05) is 6.92 Å². The highest BCUT2D eigenvalue weighted by molar-refractivity contribution is 7.89. The second kappa shape index (κ2) is 6.68. The van der Waals surface area contributed by atoms with E-state index in [0.29, 0.717) is 13.0 Å². The lowest BCUT2D eigenvalue weighted by molar-refractivity contribution is 0.170. The van der Waals surface area contributed by atoms with Gasteiger partial charge in [-0.3, -0.25) is 0 Å². The summed E-state index contributed by atoms with van der Waals surface area (Å²) in [6, 6.07) is 0.0953. The van der Waals surface area contributed by atoms with Gasteiger partial charge in [0.2, 0.25) is 10.0 Å². The molecule has 1 rings (SSSR count). The molecule has 1 fully saturated rings. The summed E-state index contributed by atoms with van der Waals surface area (Å²) in [7, 11) is -1.04. The Morgan fingerprint density at radius 1 is 1.35 bits per heavy atom. The zero-order valence-electron chi connectivity index (χ0n) is 11.1. The van der Waals surface area contributed by atoms with Crippen LogP contribution >= 0.6 is 0 Å². The van der Waals surface area contributed by atoms with Crippen LogP contribution in [0.3, 0.4) is 0 Å². The molecule has 0 aromatic carbocycles. The zero-order chi connectivity index (χ0) is 12.9. The van der Waals surface area contributed by atoms with E-state index in [1.54, 1.807) is 4.31 Å². The fraction of sp³-hybridized carbons (Fsp3) is 1.00. The van der Waals surface area contributed by atoms with E-state index in [1.165, 1.54) is 0 Å². The molecule has 1 atom stereocenters. The fourth-order valence-electron chi connectivity index (χ4n) is 2.21. The Kier molecular flexibility index (Phi) is 5.85. The first kappa shape index (κ1) is 14.9. The Bertz CT molecular complexity index is 319. The number of piperazine rings is 1. The number of hydrogen-bond acceptors (Lipinski definition) is 4. The highest BCUT2D eigenvalue weighted by Gasteiger charge is 2.30. The standard InChI is InChI=1S/C11H25N3O2S/c1-4-12-6-5-9-17(15,16)14-8-7-13(3)10-11(14)2/h11-12H,4-10H2,1-3H3. The molecule has 0 aromatic heterocycles. The van der Waals surface area contributed by atoms with Crippen LogP contribution in [-0.2, 0) is 10.0 Å². The van der Waals surface area contributed by atoms with E-state index in [9.17, 15) is 8.42 Å². The number of hydrogen-bond donors (Lipinski definition) is 1. The first-order valence-corrected chi connectivity index (χ1v) is 7.97. The van der Waals surface area contributed by atoms with E-state index in [4.69, 9.17) is 0 Å². The van der Waals surface area contributed by atoms with Crippen molar-refractivity contribution in [1.82, 2.24) is 14.5 Å². The lowest BCUT2D eigenvalue weighted by Gasteiger charge is -2.37. The third-order valence-corrected chi connectivity index (χ3v) is 5.19. The van der Waals surface area contributed by atoms with E-state index in [2.05, 4.69) is 10.2 Å². The van der Waals surface area contributed by atoms with Crippen molar-refractivity contribution in [1.29, 1.82) is 0 Å². The van der Waals surface area contributed by atoms with Crippen LogP contribution in [0.15, 0.2) is 0 Å². The minimum absolute atomic E-state index is 0.0953. The predicted octanol–water partition coefficient (Wildman–Crippen LogP) is -0.0483. The average molecular weight is 263 g/mol. The Morgan fingerprint density at radius 2 is 2.06 bits per heavy atom. The third kappa shape index (κ3) is 4.54. The summed E-state index contributed by atoms with van der Waals surface area (Å²) in [5, 5.41) is 3.15. The van der Waals surface area contributed by atoms with Crippen LogP contribution in [0, 0.1) is 0 Å². The molecule has 17 heavy (non-hydrogen) atoms. The zero-order valence-corrected chi connectivity index (χ0v) is 12.0. The topological polar surface area (TPSA) is 52.7 Å². The molecule has 0 bridgehead atoms.